The van der Waals surface area contributed by atoms with E-state index in [1.54, 1.807) is 5.57 Å². The fourth-order valence-corrected chi connectivity index (χ4v) is 6.97. The van der Waals surface area contributed by atoms with Gasteiger partial charge in [-0.15, -0.1) is 0 Å². The van der Waals surface area contributed by atoms with E-state index in [-0.39, 0.29) is 17.6 Å². The SMILES string of the molecule is CC1C=C2CC(O)CC[C@]2(C)[C@@H]2CC[C@]3(C)C(O)CC[C@H]3[C@H]12. The van der Waals surface area contributed by atoms with Gasteiger partial charge in [0.2, 0.25) is 0 Å². The highest BCUT2D eigenvalue weighted by Crippen LogP contribution is 2.65. The number of hydrogen-bond acceptors (Lipinski definition) is 2. The van der Waals surface area contributed by atoms with Crippen LogP contribution in [0.15, 0.2) is 11.6 Å². The van der Waals surface area contributed by atoms with Gasteiger partial charge in [0, 0.05) is 0 Å². The van der Waals surface area contributed by atoms with Crippen LogP contribution < -0.4 is 0 Å². The highest BCUT2D eigenvalue weighted by atomic mass is 16.3. The summed E-state index contributed by atoms with van der Waals surface area (Å²) in [6, 6.07) is 0. The van der Waals surface area contributed by atoms with Gasteiger partial charge in [0.15, 0.2) is 0 Å². The molecule has 4 aliphatic rings. The van der Waals surface area contributed by atoms with Crippen molar-refractivity contribution in [3.8, 4) is 0 Å². The molecule has 4 rings (SSSR count). The summed E-state index contributed by atoms with van der Waals surface area (Å²) < 4.78 is 0. The van der Waals surface area contributed by atoms with E-state index in [2.05, 4.69) is 26.8 Å². The van der Waals surface area contributed by atoms with E-state index >= 15 is 0 Å². The van der Waals surface area contributed by atoms with Crippen molar-refractivity contribution in [3.05, 3.63) is 11.6 Å². The van der Waals surface area contributed by atoms with E-state index in [9.17, 15) is 10.2 Å². The van der Waals surface area contributed by atoms with Crippen molar-refractivity contribution in [2.75, 3.05) is 0 Å². The minimum atomic E-state index is -0.120. The van der Waals surface area contributed by atoms with Crippen molar-refractivity contribution < 1.29 is 10.2 Å². The highest BCUT2D eigenvalue weighted by Gasteiger charge is 2.59. The predicted molar refractivity (Wildman–Crippen MR) is 88.3 cm³/mol. The van der Waals surface area contributed by atoms with Gasteiger partial charge in [-0.1, -0.05) is 32.4 Å². The maximum absolute atomic E-state index is 10.5. The van der Waals surface area contributed by atoms with Crippen LogP contribution in [0.5, 0.6) is 0 Å². The minimum Gasteiger partial charge on any atom is -0.393 e. The third-order valence-electron chi connectivity index (χ3n) is 8.36. The molecule has 0 aromatic heterocycles. The summed E-state index contributed by atoms with van der Waals surface area (Å²) in [6.45, 7) is 7.22. The molecule has 0 aliphatic heterocycles. The quantitative estimate of drug-likeness (QED) is 0.666. The Morgan fingerprint density at radius 3 is 2.55 bits per heavy atom. The Hall–Kier alpha value is -0.340. The van der Waals surface area contributed by atoms with Crippen LogP contribution in [0.1, 0.15) is 65.7 Å². The van der Waals surface area contributed by atoms with Crippen LogP contribution in [0.4, 0.5) is 0 Å². The maximum atomic E-state index is 10.5. The summed E-state index contributed by atoms with van der Waals surface area (Å²) in [7, 11) is 0. The molecule has 0 aromatic rings. The van der Waals surface area contributed by atoms with E-state index in [0.29, 0.717) is 17.3 Å². The molecule has 124 valence electrons. The molecule has 2 nitrogen and oxygen atoms in total. The second-order valence-corrected chi connectivity index (χ2v) is 9.29. The van der Waals surface area contributed by atoms with Gasteiger partial charge in [-0.2, -0.15) is 0 Å². The monoisotopic (exact) mass is 304 g/mol. The molecule has 3 fully saturated rings. The summed E-state index contributed by atoms with van der Waals surface area (Å²) >= 11 is 0. The standard InChI is InChI=1S/C20H32O2/c1-12-10-13-11-14(21)6-8-19(13,2)16-7-9-20(3)15(18(12)16)4-5-17(20)22/h10,12,14-18,21-22H,4-9,11H2,1-3H3/t12?,14?,15-,16+,17?,18-,19-,20-/m0/s1. The van der Waals surface area contributed by atoms with Gasteiger partial charge >= 0.3 is 0 Å². The van der Waals surface area contributed by atoms with Gasteiger partial charge in [0.1, 0.15) is 0 Å². The van der Waals surface area contributed by atoms with Crippen molar-refractivity contribution in [2.24, 2.45) is 34.5 Å². The normalized spacial score (nSPS) is 57.6. The van der Waals surface area contributed by atoms with Crippen molar-refractivity contribution in [1.29, 1.82) is 0 Å². The number of allylic oxidation sites excluding steroid dienone is 1. The van der Waals surface area contributed by atoms with Gasteiger partial charge in [0.25, 0.3) is 0 Å². The molecule has 22 heavy (non-hydrogen) atoms. The smallest absolute Gasteiger partial charge is 0.0596 e. The molecule has 2 heteroatoms. The van der Waals surface area contributed by atoms with Crippen molar-refractivity contribution in [3.63, 3.8) is 0 Å². The average Bonchev–Trinajstić information content (AvgIpc) is 2.77. The van der Waals surface area contributed by atoms with Crippen molar-refractivity contribution in [1.82, 2.24) is 0 Å². The lowest BCUT2D eigenvalue weighted by atomic mass is 9.46. The third-order valence-corrected chi connectivity index (χ3v) is 8.36. The number of fused-ring (bicyclic) bond motifs is 5. The Kier molecular flexibility index (Phi) is 3.34. The molecule has 2 N–H and O–H groups in total. The Bertz CT molecular complexity index is 498. The zero-order valence-corrected chi connectivity index (χ0v) is 14.4. The van der Waals surface area contributed by atoms with Crippen LogP contribution in [0.2, 0.25) is 0 Å². The van der Waals surface area contributed by atoms with Crippen LogP contribution in [0.3, 0.4) is 0 Å². The number of aliphatic hydroxyl groups excluding tert-OH is 2. The largest absolute Gasteiger partial charge is 0.393 e. The van der Waals surface area contributed by atoms with Crippen LogP contribution >= 0.6 is 0 Å². The molecule has 0 amide bonds. The lowest BCUT2D eigenvalue weighted by Gasteiger charge is -2.59. The molecule has 3 saturated carbocycles. The summed E-state index contributed by atoms with van der Waals surface area (Å²) in [5.41, 5.74) is 2.01. The van der Waals surface area contributed by atoms with E-state index < -0.39 is 0 Å². The molecule has 0 heterocycles. The first-order valence-corrected chi connectivity index (χ1v) is 9.43. The minimum absolute atomic E-state index is 0.0861. The summed E-state index contributed by atoms with van der Waals surface area (Å²) in [6.07, 6.45) is 10.0. The average molecular weight is 304 g/mol. The molecular weight excluding hydrogens is 272 g/mol. The predicted octanol–water partition coefficient (Wildman–Crippen LogP) is 3.92. The fraction of sp³-hybridized carbons (Fsp3) is 0.900. The molecule has 3 unspecified atom stereocenters. The molecule has 8 atom stereocenters. The van der Waals surface area contributed by atoms with Gasteiger partial charge < -0.3 is 10.2 Å². The molecular formula is C20H32O2. The van der Waals surface area contributed by atoms with E-state index in [4.69, 9.17) is 0 Å². The Morgan fingerprint density at radius 1 is 1.00 bits per heavy atom. The van der Waals surface area contributed by atoms with Gasteiger partial charge in [-0.25, -0.2) is 0 Å². The van der Waals surface area contributed by atoms with E-state index in [1.165, 1.54) is 19.3 Å². The van der Waals surface area contributed by atoms with Crippen LogP contribution in [0.25, 0.3) is 0 Å². The second kappa shape index (κ2) is 4.83. The first kappa shape index (κ1) is 15.2. The fourth-order valence-electron chi connectivity index (χ4n) is 6.97. The number of rotatable bonds is 0. The zero-order chi connectivity index (χ0) is 15.7. The third kappa shape index (κ3) is 1.86. The first-order valence-electron chi connectivity index (χ1n) is 9.43. The molecule has 0 bridgehead atoms. The zero-order valence-electron chi connectivity index (χ0n) is 14.4. The van der Waals surface area contributed by atoms with Crippen molar-refractivity contribution in [2.45, 2.75) is 77.9 Å². The molecule has 0 saturated heterocycles. The van der Waals surface area contributed by atoms with Gasteiger partial charge in [-0.05, 0) is 79.4 Å². The van der Waals surface area contributed by atoms with E-state index in [0.717, 1.165) is 37.5 Å². The van der Waals surface area contributed by atoms with E-state index in [1.807, 2.05) is 0 Å². The number of hydrogen-bond donors (Lipinski definition) is 2. The summed E-state index contributed by atoms with van der Waals surface area (Å²) in [4.78, 5) is 0. The number of aliphatic hydroxyl groups is 2. The Labute approximate surface area is 135 Å². The summed E-state index contributed by atoms with van der Waals surface area (Å²) in [5, 5.41) is 20.6. The Morgan fingerprint density at radius 2 is 1.77 bits per heavy atom. The Balaban J connectivity index is 1.73. The summed E-state index contributed by atoms with van der Waals surface area (Å²) in [5.74, 6) is 2.80. The van der Waals surface area contributed by atoms with Crippen molar-refractivity contribution >= 4 is 0 Å². The topological polar surface area (TPSA) is 40.5 Å². The molecule has 0 aromatic carbocycles. The van der Waals surface area contributed by atoms with Crippen LogP contribution in [0, 0.1) is 34.5 Å². The second-order valence-electron chi connectivity index (χ2n) is 9.29. The molecule has 4 aliphatic carbocycles. The lowest BCUT2D eigenvalue weighted by Crippen LogP contribution is -2.53. The maximum Gasteiger partial charge on any atom is 0.0596 e. The molecule has 0 spiro atoms. The first-order chi connectivity index (χ1) is 10.4. The van der Waals surface area contributed by atoms with Crippen LogP contribution in [-0.4, -0.2) is 22.4 Å². The lowest BCUT2D eigenvalue weighted by molar-refractivity contribution is -0.0847. The van der Waals surface area contributed by atoms with Gasteiger partial charge in [0.05, 0.1) is 12.2 Å². The molecule has 0 radical (unpaired) electrons. The van der Waals surface area contributed by atoms with Crippen LogP contribution in [-0.2, 0) is 0 Å². The highest BCUT2D eigenvalue weighted by molar-refractivity contribution is 5.26. The van der Waals surface area contributed by atoms with Gasteiger partial charge in [-0.3, -0.25) is 0 Å².